The van der Waals surface area contributed by atoms with Gasteiger partial charge < -0.3 is 0 Å². The van der Waals surface area contributed by atoms with E-state index in [2.05, 4.69) is 113 Å². The molecule has 0 fully saturated rings. The Kier molecular flexibility index (Phi) is 7.72. The number of nitrogens with zero attached hydrogens (tertiary/aromatic N) is 8. The van der Waals surface area contributed by atoms with E-state index in [-0.39, 0.29) is 6.04 Å². The third kappa shape index (κ3) is 4.31. The Bertz CT molecular complexity index is 591. The van der Waals surface area contributed by atoms with E-state index in [1.54, 1.807) is 0 Å². The standard InChI is InChI=1S/C13H38N9P3/c1-13(2)14-23(18(3)4)15-24(19(5)6,20(7)8)17-25(16-23,21(9)10)22(11)12/h13-14H,1-12H3. The average molecular weight is 413 g/mol. The van der Waals surface area contributed by atoms with Gasteiger partial charge in [-0.1, -0.05) is 0 Å². The molecule has 0 aromatic carbocycles. The lowest BCUT2D eigenvalue weighted by Crippen LogP contribution is -2.31. The molecule has 0 spiro atoms. The van der Waals surface area contributed by atoms with Gasteiger partial charge in [-0.05, 0) is 84.3 Å². The SMILES string of the molecule is CC(C)NP1(N(C)C)=NP(N(C)C)(N(C)C)=NP(N(C)C)(N(C)C)=N1. The summed E-state index contributed by atoms with van der Waals surface area (Å²) in [4.78, 5) is 0. The van der Waals surface area contributed by atoms with Crippen LogP contribution < -0.4 is 5.09 Å². The van der Waals surface area contributed by atoms with Crippen molar-refractivity contribution in [1.29, 1.82) is 0 Å². The van der Waals surface area contributed by atoms with Gasteiger partial charge in [0.15, 0.2) is 0 Å². The minimum Gasteiger partial charge on any atom is -0.251 e. The van der Waals surface area contributed by atoms with Crippen molar-refractivity contribution in [3.05, 3.63) is 0 Å². The second kappa shape index (κ2) is 8.22. The Morgan fingerprint density at radius 2 is 0.920 bits per heavy atom. The van der Waals surface area contributed by atoms with Crippen LogP contribution in [-0.4, -0.2) is 99.9 Å². The molecule has 1 unspecified atom stereocenters. The van der Waals surface area contributed by atoms with Gasteiger partial charge in [0, 0.05) is 6.04 Å². The molecule has 150 valence electrons. The zero-order valence-electron chi connectivity index (χ0n) is 18.0. The van der Waals surface area contributed by atoms with E-state index in [0.29, 0.717) is 0 Å². The van der Waals surface area contributed by atoms with Gasteiger partial charge in [-0.15, -0.1) is 0 Å². The van der Waals surface area contributed by atoms with Crippen LogP contribution in [0, 0.1) is 0 Å². The molecule has 0 saturated carbocycles. The van der Waals surface area contributed by atoms with Gasteiger partial charge in [0.2, 0.25) is 22.5 Å². The number of nitrogens with one attached hydrogen (secondary N) is 1. The molecule has 0 saturated heterocycles. The highest BCUT2D eigenvalue weighted by molar-refractivity contribution is 7.83. The van der Waals surface area contributed by atoms with Gasteiger partial charge in [-0.2, -0.15) is 13.5 Å². The second-order valence-corrected chi connectivity index (χ2v) is 17.1. The van der Waals surface area contributed by atoms with Crippen molar-refractivity contribution in [2.75, 3.05) is 70.5 Å². The first kappa shape index (κ1) is 23.5. The number of rotatable bonds is 7. The van der Waals surface area contributed by atoms with Crippen LogP contribution in [0.4, 0.5) is 0 Å². The van der Waals surface area contributed by atoms with Crippen molar-refractivity contribution in [3.63, 3.8) is 0 Å². The van der Waals surface area contributed by atoms with Gasteiger partial charge in [0.05, 0.1) is 0 Å². The van der Waals surface area contributed by atoms with Gasteiger partial charge in [0.25, 0.3) is 0 Å². The first-order valence-electron chi connectivity index (χ1n) is 8.34. The predicted octanol–water partition coefficient (Wildman–Crippen LogP) is 3.64. The summed E-state index contributed by atoms with van der Waals surface area (Å²) >= 11 is 0. The molecule has 0 aromatic heterocycles. The maximum atomic E-state index is 5.38. The van der Waals surface area contributed by atoms with E-state index >= 15 is 0 Å². The third-order valence-corrected chi connectivity index (χ3v) is 16.0. The van der Waals surface area contributed by atoms with Crippen molar-refractivity contribution >= 4 is 22.5 Å². The highest BCUT2D eigenvalue weighted by Gasteiger charge is 2.43. The van der Waals surface area contributed by atoms with Crippen LogP contribution in [0.1, 0.15) is 13.8 Å². The molecule has 1 N–H and O–H groups in total. The lowest BCUT2D eigenvalue weighted by Gasteiger charge is -2.46. The topological polar surface area (TPSA) is 65.3 Å². The van der Waals surface area contributed by atoms with Gasteiger partial charge in [0.1, 0.15) is 0 Å². The molecule has 0 bridgehead atoms. The molecule has 1 aliphatic rings. The minimum absolute atomic E-state index is 0.277. The molecule has 1 rings (SSSR count). The Morgan fingerprint density at radius 3 is 1.20 bits per heavy atom. The van der Waals surface area contributed by atoms with Gasteiger partial charge in [-0.3, -0.25) is 5.09 Å². The molecule has 9 nitrogen and oxygen atoms in total. The summed E-state index contributed by atoms with van der Waals surface area (Å²) in [5.41, 5.74) is 0. The van der Waals surface area contributed by atoms with Crippen LogP contribution in [0.5, 0.6) is 0 Å². The summed E-state index contributed by atoms with van der Waals surface area (Å²) in [6.45, 7) is 4.30. The van der Waals surface area contributed by atoms with E-state index in [0.717, 1.165) is 0 Å². The van der Waals surface area contributed by atoms with Gasteiger partial charge >= 0.3 is 0 Å². The maximum Gasteiger partial charge on any atom is 0.220 e. The first-order chi connectivity index (χ1) is 11.3. The first-order valence-corrected chi connectivity index (χ1v) is 13.2. The normalized spacial score (nSPS) is 25.7. The summed E-state index contributed by atoms with van der Waals surface area (Å²) < 4.78 is 27.0. The Hall–Kier alpha value is 0.450. The van der Waals surface area contributed by atoms with Crippen LogP contribution >= 0.6 is 22.5 Å². The van der Waals surface area contributed by atoms with Crippen molar-refractivity contribution in [1.82, 2.24) is 28.4 Å². The fourth-order valence-corrected chi connectivity index (χ4v) is 17.1. The Balaban J connectivity index is 4.11. The Morgan fingerprint density at radius 1 is 0.560 bits per heavy atom. The molecule has 1 heterocycles. The fraction of sp³-hybridized carbons (Fsp3) is 1.00. The van der Waals surface area contributed by atoms with Crippen molar-refractivity contribution in [2.24, 2.45) is 13.5 Å². The van der Waals surface area contributed by atoms with E-state index < -0.39 is 22.5 Å². The van der Waals surface area contributed by atoms with Crippen LogP contribution in [0.2, 0.25) is 0 Å². The lowest BCUT2D eigenvalue weighted by atomic mass is 10.4. The molecule has 0 aliphatic carbocycles. The predicted molar refractivity (Wildman–Crippen MR) is 115 cm³/mol. The van der Waals surface area contributed by atoms with E-state index in [1.807, 2.05) is 0 Å². The molecule has 12 heteroatoms. The van der Waals surface area contributed by atoms with E-state index in [9.17, 15) is 0 Å². The zero-order valence-corrected chi connectivity index (χ0v) is 20.7. The molecular formula is C13H38N9P3. The molecular weight excluding hydrogens is 375 g/mol. The molecule has 1 aliphatic heterocycles. The summed E-state index contributed by atoms with van der Waals surface area (Å²) in [5, 5.41) is 3.72. The number of hydrogen-bond donors (Lipinski definition) is 1. The molecule has 0 aromatic rings. The van der Waals surface area contributed by atoms with Crippen molar-refractivity contribution in [2.45, 2.75) is 19.9 Å². The van der Waals surface area contributed by atoms with Gasteiger partial charge in [-0.25, -0.2) is 23.4 Å². The third-order valence-electron chi connectivity index (χ3n) is 3.87. The Labute approximate surface area is 155 Å². The van der Waals surface area contributed by atoms with Crippen LogP contribution in [-0.2, 0) is 0 Å². The zero-order chi connectivity index (χ0) is 19.8. The smallest absolute Gasteiger partial charge is 0.220 e. The maximum absolute atomic E-state index is 5.38. The molecule has 0 amide bonds. The van der Waals surface area contributed by atoms with Crippen LogP contribution in [0.25, 0.3) is 0 Å². The molecule has 0 radical (unpaired) electrons. The summed E-state index contributed by atoms with van der Waals surface area (Å²) in [5.74, 6) is 0. The largest absolute Gasteiger partial charge is 0.251 e. The van der Waals surface area contributed by atoms with Crippen molar-refractivity contribution < 1.29 is 0 Å². The minimum atomic E-state index is -2.31. The lowest BCUT2D eigenvalue weighted by molar-refractivity contribution is 0.541. The average Bonchev–Trinajstić information content (AvgIpc) is 2.44. The summed E-state index contributed by atoms with van der Waals surface area (Å²) in [6, 6.07) is 0.277. The van der Waals surface area contributed by atoms with E-state index in [1.165, 1.54) is 0 Å². The second-order valence-electron chi connectivity index (χ2n) is 7.43. The monoisotopic (exact) mass is 413 g/mol. The summed E-state index contributed by atoms with van der Waals surface area (Å²) in [6.07, 6.45) is 0. The van der Waals surface area contributed by atoms with Crippen LogP contribution in [0.3, 0.4) is 0 Å². The van der Waals surface area contributed by atoms with Crippen LogP contribution in [0.15, 0.2) is 13.5 Å². The van der Waals surface area contributed by atoms with E-state index in [4.69, 9.17) is 13.5 Å². The molecule has 25 heavy (non-hydrogen) atoms. The number of hydrogen-bond acceptors (Lipinski definition) is 9. The highest BCUT2D eigenvalue weighted by Crippen LogP contribution is 2.79. The quantitative estimate of drug-likeness (QED) is 0.643. The fourth-order valence-electron chi connectivity index (χ4n) is 2.58. The molecule has 1 atom stereocenters. The van der Waals surface area contributed by atoms with Crippen molar-refractivity contribution in [3.8, 4) is 0 Å². The highest BCUT2D eigenvalue weighted by atomic mass is 31.3. The summed E-state index contributed by atoms with van der Waals surface area (Å²) in [7, 11) is 13.9.